The Morgan fingerprint density at radius 3 is 2.44 bits per heavy atom. The standard InChI is InChI=1S/C20H30N4O3/c1-4-14(2)22-19(26)15(3)23-20(27)21-13-16-8-10-17(11-9-16)24-12-6-5-7-18(24)25/h8-11,14-15H,4-7,12-13H2,1-3H3,(H,22,26)(H2,21,23,27). The Labute approximate surface area is 160 Å². The van der Waals surface area contributed by atoms with E-state index in [1.807, 2.05) is 43.0 Å². The number of hydrogen-bond acceptors (Lipinski definition) is 3. The normalized spacial score (nSPS) is 16.4. The summed E-state index contributed by atoms with van der Waals surface area (Å²) in [7, 11) is 0. The molecule has 3 N–H and O–H groups in total. The molecule has 7 heteroatoms. The number of carbonyl (C=O) groups is 3. The van der Waals surface area contributed by atoms with Crippen LogP contribution < -0.4 is 20.9 Å². The van der Waals surface area contributed by atoms with Gasteiger partial charge in [0.1, 0.15) is 6.04 Å². The van der Waals surface area contributed by atoms with Crippen molar-refractivity contribution in [2.24, 2.45) is 0 Å². The van der Waals surface area contributed by atoms with Gasteiger partial charge in [-0.2, -0.15) is 0 Å². The van der Waals surface area contributed by atoms with Crippen molar-refractivity contribution in [1.82, 2.24) is 16.0 Å². The minimum absolute atomic E-state index is 0.0788. The first kappa shape index (κ1) is 20.7. The van der Waals surface area contributed by atoms with E-state index < -0.39 is 12.1 Å². The van der Waals surface area contributed by atoms with E-state index in [1.54, 1.807) is 6.92 Å². The van der Waals surface area contributed by atoms with Crippen molar-refractivity contribution >= 4 is 23.5 Å². The van der Waals surface area contributed by atoms with Crippen LogP contribution in [0.15, 0.2) is 24.3 Å². The zero-order valence-corrected chi connectivity index (χ0v) is 16.4. The van der Waals surface area contributed by atoms with Gasteiger partial charge in [-0.15, -0.1) is 0 Å². The zero-order chi connectivity index (χ0) is 19.8. The van der Waals surface area contributed by atoms with Crippen LogP contribution in [0.3, 0.4) is 0 Å². The lowest BCUT2D eigenvalue weighted by Crippen LogP contribution is -2.49. The second-order valence-electron chi connectivity index (χ2n) is 7.04. The van der Waals surface area contributed by atoms with Crippen LogP contribution in [-0.4, -0.2) is 36.5 Å². The van der Waals surface area contributed by atoms with Gasteiger partial charge in [-0.25, -0.2) is 4.79 Å². The molecule has 1 aliphatic rings. The molecule has 1 aliphatic heterocycles. The van der Waals surface area contributed by atoms with Crippen molar-refractivity contribution in [3.8, 4) is 0 Å². The number of anilines is 1. The van der Waals surface area contributed by atoms with Crippen molar-refractivity contribution in [3.63, 3.8) is 0 Å². The smallest absolute Gasteiger partial charge is 0.315 e. The molecule has 0 bridgehead atoms. The van der Waals surface area contributed by atoms with Crippen molar-refractivity contribution in [3.05, 3.63) is 29.8 Å². The number of amides is 4. The fourth-order valence-corrected chi connectivity index (χ4v) is 2.84. The molecule has 1 fully saturated rings. The van der Waals surface area contributed by atoms with Crippen LogP contribution in [0, 0.1) is 0 Å². The molecule has 0 saturated carbocycles. The SMILES string of the molecule is CCC(C)NC(=O)C(C)NC(=O)NCc1ccc(N2CCCCC2=O)cc1. The number of urea groups is 1. The molecule has 2 unspecified atom stereocenters. The number of nitrogens with zero attached hydrogens (tertiary/aromatic N) is 1. The lowest BCUT2D eigenvalue weighted by molar-refractivity contribution is -0.123. The molecule has 0 aromatic heterocycles. The number of rotatable bonds is 7. The van der Waals surface area contributed by atoms with Crippen LogP contribution in [0.1, 0.15) is 52.0 Å². The first-order valence-corrected chi connectivity index (χ1v) is 9.64. The highest BCUT2D eigenvalue weighted by molar-refractivity contribution is 5.94. The number of carbonyl (C=O) groups excluding carboxylic acids is 3. The molecular formula is C20H30N4O3. The summed E-state index contributed by atoms with van der Waals surface area (Å²) < 4.78 is 0. The van der Waals surface area contributed by atoms with E-state index in [4.69, 9.17) is 0 Å². The molecular weight excluding hydrogens is 344 g/mol. The van der Waals surface area contributed by atoms with E-state index in [0.29, 0.717) is 13.0 Å². The number of piperidine rings is 1. The highest BCUT2D eigenvalue weighted by Crippen LogP contribution is 2.21. The maximum atomic E-state index is 12.0. The maximum Gasteiger partial charge on any atom is 0.315 e. The van der Waals surface area contributed by atoms with Gasteiger partial charge in [0, 0.05) is 31.2 Å². The predicted octanol–water partition coefficient (Wildman–Crippen LogP) is 2.31. The quantitative estimate of drug-likeness (QED) is 0.684. The van der Waals surface area contributed by atoms with Crippen molar-refractivity contribution in [2.75, 3.05) is 11.4 Å². The third-order valence-electron chi connectivity index (χ3n) is 4.77. The van der Waals surface area contributed by atoms with Gasteiger partial charge in [0.25, 0.3) is 0 Å². The van der Waals surface area contributed by atoms with E-state index in [0.717, 1.165) is 37.1 Å². The summed E-state index contributed by atoms with van der Waals surface area (Å²) in [5, 5.41) is 8.22. The van der Waals surface area contributed by atoms with Gasteiger partial charge in [0.2, 0.25) is 11.8 Å². The lowest BCUT2D eigenvalue weighted by atomic mass is 10.1. The minimum atomic E-state index is -0.605. The van der Waals surface area contributed by atoms with Gasteiger partial charge in [-0.1, -0.05) is 19.1 Å². The Morgan fingerprint density at radius 1 is 1.11 bits per heavy atom. The largest absolute Gasteiger partial charge is 0.352 e. The summed E-state index contributed by atoms with van der Waals surface area (Å²) in [6.45, 7) is 6.67. The molecule has 4 amide bonds. The third-order valence-corrected chi connectivity index (χ3v) is 4.77. The van der Waals surface area contributed by atoms with Gasteiger partial charge in [-0.05, 0) is 50.8 Å². The number of benzene rings is 1. The Hall–Kier alpha value is -2.57. The van der Waals surface area contributed by atoms with Crippen LogP contribution in [0.4, 0.5) is 10.5 Å². The van der Waals surface area contributed by atoms with Gasteiger partial charge in [0.05, 0.1) is 0 Å². The van der Waals surface area contributed by atoms with Crippen LogP contribution in [-0.2, 0) is 16.1 Å². The second kappa shape index (κ2) is 9.94. The third kappa shape index (κ3) is 6.27. The molecule has 7 nitrogen and oxygen atoms in total. The van der Waals surface area contributed by atoms with E-state index in [2.05, 4.69) is 16.0 Å². The summed E-state index contributed by atoms with van der Waals surface area (Å²) in [5.74, 6) is -0.0359. The molecule has 27 heavy (non-hydrogen) atoms. The average Bonchev–Trinajstić information content (AvgIpc) is 2.67. The Morgan fingerprint density at radius 2 is 1.81 bits per heavy atom. The Bertz CT molecular complexity index is 660. The molecule has 1 aromatic rings. The fourth-order valence-electron chi connectivity index (χ4n) is 2.84. The van der Waals surface area contributed by atoms with Crippen molar-refractivity contribution in [2.45, 2.75) is 65.1 Å². The second-order valence-corrected chi connectivity index (χ2v) is 7.04. The first-order valence-electron chi connectivity index (χ1n) is 9.64. The van der Waals surface area contributed by atoms with Gasteiger partial charge in [0.15, 0.2) is 0 Å². The molecule has 1 saturated heterocycles. The van der Waals surface area contributed by atoms with E-state index >= 15 is 0 Å². The zero-order valence-electron chi connectivity index (χ0n) is 16.4. The first-order chi connectivity index (χ1) is 12.9. The molecule has 0 spiro atoms. The molecule has 1 heterocycles. The van der Waals surface area contributed by atoms with Gasteiger partial charge >= 0.3 is 6.03 Å². The predicted molar refractivity (Wildman–Crippen MR) is 105 cm³/mol. The number of hydrogen-bond donors (Lipinski definition) is 3. The highest BCUT2D eigenvalue weighted by atomic mass is 16.2. The number of nitrogens with one attached hydrogen (secondary N) is 3. The van der Waals surface area contributed by atoms with Gasteiger partial charge < -0.3 is 20.9 Å². The van der Waals surface area contributed by atoms with Crippen molar-refractivity contribution in [1.29, 1.82) is 0 Å². The minimum Gasteiger partial charge on any atom is -0.352 e. The van der Waals surface area contributed by atoms with Crippen LogP contribution in [0.5, 0.6) is 0 Å². The summed E-state index contributed by atoms with van der Waals surface area (Å²) in [6.07, 6.45) is 3.42. The van der Waals surface area contributed by atoms with E-state index in [-0.39, 0.29) is 17.9 Å². The Kier molecular flexibility index (Phi) is 7.64. The van der Waals surface area contributed by atoms with Crippen LogP contribution in [0.25, 0.3) is 0 Å². The topological polar surface area (TPSA) is 90.5 Å². The summed E-state index contributed by atoms with van der Waals surface area (Å²) in [4.78, 5) is 37.7. The fraction of sp³-hybridized carbons (Fsp3) is 0.550. The van der Waals surface area contributed by atoms with E-state index in [9.17, 15) is 14.4 Å². The Balaban J connectivity index is 1.79. The highest BCUT2D eigenvalue weighted by Gasteiger charge is 2.19. The molecule has 0 radical (unpaired) electrons. The molecule has 2 rings (SSSR count). The molecule has 0 aliphatic carbocycles. The molecule has 1 aromatic carbocycles. The molecule has 148 valence electrons. The monoisotopic (exact) mass is 374 g/mol. The van der Waals surface area contributed by atoms with Crippen LogP contribution in [0.2, 0.25) is 0 Å². The summed E-state index contributed by atoms with van der Waals surface area (Å²) in [5.41, 5.74) is 1.82. The maximum absolute atomic E-state index is 12.0. The van der Waals surface area contributed by atoms with Crippen molar-refractivity contribution < 1.29 is 14.4 Å². The molecule has 2 atom stereocenters. The summed E-state index contributed by atoms with van der Waals surface area (Å²) >= 11 is 0. The van der Waals surface area contributed by atoms with Crippen LogP contribution >= 0.6 is 0 Å². The average molecular weight is 374 g/mol. The lowest BCUT2D eigenvalue weighted by Gasteiger charge is -2.26. The summed E-state index contributed by atoms with van der Waals surface area (Å²) in [6, 6.07) is 6.69. The van der Waals surface area contributed by atoms with E-state index in [1.165, 1.54) is 0 Å². The van der Waals surface area contributed by atoms with Gasteiger partial charge in [-0.3, -0.25) is 9.59 Å².